The van der Waals surface area contributed by atoms with Gasteiger partial charge in [-0.2, -0.15) is 0 Å². The number of amides is 2. The average molecular weight is 366 g/mol. The second-order valence-corrected chi connectivity index (χ2v) is 5.96. The zero-order chi connectivity index (χ0) is 19.8. The van der Waals surface area contributed by atoms with E-state index in [2.05, 4.69) is 10.6 Å². The largest absolute Gasteiger partial charge is 0.497 e. The number of carbonyl (C=O) groups excluding carboxylic acids is 3. The van der Waals surface area contributed by atoms with E-state index in [0.29, 0.717) is 11.3 Å². The number of ketones is 1. The van der Waals surface area contributed by atoms with E-state index in [1.54, 1.807) is 56.5 Å². The summed E-state index contributed by atoms with van der Waals surface area (Å²) < 4.78 is 5.08. The molecule has 27 heavy (non-hydrogen) atoms. The second-order valence-electron chi connectivity index (χ2n) is 5.96. The molecule has 0 spiro atoms. The standard InChI is InChI=1S/C21H22N2O4/c1-14(21(26)23-18-9-7-17(8-10-18)15(2)24)22-20(25)13-6-16-4-11-19(27-3)12-5-16/h4-14H,1-3H3,(H,22,25)(H,23,26)/b13-6+. The molecule has 0 radical (unpaired) electrons. The van der Waals surface area contributed by atoms with Crippen molar-refractivity contribution in [3.8, 4) is 5.75 Å². The number of ether oxygens (including phenoxy) is 1. The molecule has 2 N–H and O–H groups in total. The first-order valence-corrected chi connectivity index (χ1v) is 8.43. The predicted octanol–water partition coefficient (Wildman–Crippen LogP) is 3.05. The Kier molecular flexibility index (Phi) is 6.88. The quantitative estimate of drug-likeness (QED) is 0.583. The molecule has 0 fully saturated rings. The maximum atomic E-state index is 12.2. The maximum Gasteiger partial charge on any atom is 0.246 e. The Morgan fingerprint density at radius 2 is 1.63 bits per heavy atom. The minimum atomic E-state index is -0.717. The molecule has 6 nitrogen and oxygen atoms in total. The highest BCUT2D eigenvalue weighted by atomic mass is 16.5. The highest BCUT2D eigenvalue weighted by Crippen LogP contribution is 2.12. The number of methoxy groups -OCH3 is 1. The molecule has 0 aliphatic rings. The summed E-state index contributed by atoms with van der Waals surface area (Å²) in [6.45, 7) is 3.07. The third-order valence-electron chi connectivity index (χ3n) is 3.85. The topological polar surface area (TPSA) is 84.5 Å². The number of rotatable bonds is 7. The molecule has 140 valence electrons. The normalized spacial score (nSPS) is 11.7. The van der Waals surface area contributed by atoms with Gasteiger partial charge in [0, 0.05) is 17.3 Å². The van der Waals surface area contributed by atoms with Gasteiger partial charge in [-0.25, -0.2) is 0 Å². The number of anilines is 1. The van der Waals surface area contributed by atoms with Crippen molar-refractivity contribution in [3.63, 3.8) is 0 Å². The molecule has 1 atom stereocenters. The molecule has 2 rings (SSSR count). The molecule has 0 aromatic heterocycles. The molecule has 0 aliphatic carbocycles. The van der Waals surface area contributed by atoms with Crippen LogP contribution in [0.25, 0.3) is 6.08 Å². The van der Waals surface area contributed by atoms with Gasteiger partial charge in [-0.15, -0.1) is 0 Å². The lowest BCUT2D eigenvalue weighted by Gasteiger charge is -2.13. The Morgan fingerprint density at radius 1 is 1.00 bits per heavy atom. The van der Waals surface area contributed by atoms with Crippen LogP contribution in [-0.2, 0) is 9.59 Å². The van der Waals surface area contributed by atoms with Crippen LogP contribution in [0, 0.1) is 0 Å². The van der Waals surface area contributed by atoms with Crippen molar-refractivity contribution in [2.45, 2.75) is 19.9 Å². The Labute approximate surface area is 158 Å². The smallest absolute Gasteiger partial charge is 0.246 e. The van der Waals surface area contributed by atoms with Crippen LogP contribution >= 0.6 is 0 Å². The predicted molar refractivity (Wildman–Crippen MR) is 105 cm³/mol. The van der Waals surface area contributed by atoms with E-state index in [-0.39, 0.29) is 17.6 Å². The molecule has 0 bridgehead atoms. The molecule has 0 saturated carbocycles. The Balaban J connectivity index is 1.87. The van der Waals surface area contributed by atoms with Gasteiger partial charge in [0.2, 0.25) is 11.8 Å². The zero-order valence-electron chi connectivity index (χ0n) is 15.5. The van der Waals surface area contributed by atoms with Crippen LogP contribution in [0.2, 0.25) is 0 Å². The van der Waals surface area contributed by atoms with E-state index < -0.39 is 6.04 Å². The molecule has 1 unspecified atom stereocenters. The third-order valence-corrected chi connectivity index (χ3v) is 3.85. The molecule has 0 aliphatic heterocycles. The summed E-state index contributed by atoms with van der Waals surface area (Å²) in [7, 11) is 1.59. The van der Waals surface area contributed by atoms with Crippen LogP contribution in [0.15, 0.2) is 54.6 Å². The number of nitrogens with one attached hydrogen (secondary N) is 2. The van der Waals surface area contributed by atoms with Gasteiger partial charge in [-0.05, 0) is 61.9 Å². The maximum absolute atomic E-state index is 12.2. The summed E-state index contributed by atoms with van der Waals surface area (Å²) in [6.07, 6.45) is 3.02. The van der Waals surface area contributed by atoms with Gasteiger partial charge in [-0.3, -0.25) is 14.4 Å². The lowest BCUT2D eigenvalue weighted by molar-refractivity contribution is -0.123. The van der Waals surface area contributed by atoms with Crippen LogP contribution in [0.3, 0.4) is 0 Å². The van der Waals surface area contributed by atoms with Crippen molar-refractivity contribution < 1.29 is 19.1 Å². The molecule has 2 amide bonds. The first-order valence-electron chi connectivity index (χ1n) is 8.43. The zero-order valence-corrected chi connectivity index (χ0v) is 15.5. The van der Waals surface area contributed by atoms with Crippen LogP contribution < -0.4 is 15.4 Å². The van der Waals surface area contributed by atoms with Gasteiger partial charge >= 0.3 is 0 Å². The van der Waals surface area contributed by atoms with Crippen LogP contribution in [0.4, 0.5) is 5.69 Å². The lowest BCUT2D eigenvalue weighted by atomic mass is 10.1. The van der Waals surface area contributed by atoms with Crippen molar-refractivity contribution in [1.82, 2.24) is 5.32 Å². The fraction of sp³-hybridized carbons (Fsp3) is 0.190. The molecular weight excluding hydrogens is 344 g/mol. The van der Waals surface area contributed by atoms with Crippen LogP contribution in [-0.4, -0.2) is 30.7 Å². The van der Waals surface area contributed by atoms with E-state index in [1.165, 1.54) is 13.0 Å². The third kappa shape index (κ3) is 6.11. The second kappa shape index (κ2) is 9.33. The summed E-state index contributed by atoms with van der Waals surface area (Å²) in [6, 6.07) is 13.1. The first-order chi connectivity index (χ1) is 12.9. The van der Waals surface area contributed by atoms with Crippen molar-refractivity contribution in [2.75, 3.05) is 12.4 Å². The molecule has 6 heteroatoms. The highest BCUT2D eigenvalue weighted by Gasteiger charge is 2.14. The van der Waals surface area contributed by atoms with Crippen LogP contribution in [0.1, 0.15) is 29.8 Å². The van der Waals surface area contributed by atoms with Gasteiger partial charge < -0.3 is 15.4 Å². The fourth-order valence-electron chi connectivity index (χ4n) is 2.25. The van der Waals surface area contributed by atoms with Gasteiger partial charge in [0.05, 0.1) is 7.11 Å². The van der Waals surface area contributed by atoms with Gasteiger partial charge in [0.25, 0.3) is 0 Å². The SMILES string of the molecule is COc1ccc(/C=C/C(=O)NC(C)C(=O)Nc2ccc(C(C)=O)cc2)cc1. The first kappa shape index (κ1) is 19.9. The van der Waals surface area contributed by atoms with Crippen LogP contribution in [0.5, 0.6) is 5.75 Å². The minimum Gasteiger partial charge on any atom is -0.497 e. The summed E-state index contributed by atoms with van der Waals surface area (Å²) in [4.78, 5) is 35.4. The number of Topliss-reactive ketones (excluding diaryl/α,β-unsaturated/α-hetero) is 1. The number of carbonyl (C=O) groups is 3. The molecule has 0 heterocycles. The van der Waals surface area contributed by atoms with E-state index in [0.717, 1.165) is 11.3 Å². The van der Waals surface area contributed by atoms with Crippen molar-refractivity contribution in [2.24, 2.45) is 0 Å². The Morgan fingerprint density at radius 3 is 2.19 bits per heavy atom. The highest BCUT2D eigenvalue weighted by molar-refractivity contribution is 6.00. The number of hydrogen-bond donors (Lipinski definition) is 2. The minimum absolute atomic E-state index is 0.0443. The molecule has 2 aromatic carbocycles. The van der Waals surface area contributed by atoms with E-state index in [9.17, 15) is 14.4 Å². The van der Waals surface area contributed by atoms with Crippen molar-refractivity contribution in [1.29, 1.82) is 0 Å². The summed E-state index contributed by atoms with van der Waals surface area (Å²) in [5.74, 6) is -0.0347. The summed E-state index contributed by atoms with van der Waals surface area (Å²) in [5, 5.41) is 5.30. The Hall–Kier alpha value is -3.41. The van der Waals surface area contributed by atoms with Gasteiger partial charge in [-0.1, -0.05) is 12.1 Å². The molecule has 2 aromatic rings. The molecular formula is C21H22N2O4. The summed E-state index contributed by atoms with van der Waals surface area (Å²) in [5.41, 5.74) is 1.96. The summed E-state index contributed by atoms with van der Waals surface area (Å²) >= 11 is 0. The van der Waals surface area contributed by atoms with E-state index >= 15 is 0 Å². The van der Waals surface area contributed by atoms with Crippen molar-refractivity contribution >= 4 is 29.4 Å². The lowest BCUT2D eigenvalue weighted by Crippen LogP contribution is -2.40. The number of hydrogen-bond acceptors (Lipinski definition) is 4. The van der Waals surface area contributed by atoms with E-state index in [4.69, 9.17) is 4.74 Å². The average Bonchev–Trinajstić information content (AvgIpc) is 2.67. The molecule has 0 saturated heterocycles. The monoisotopic (exact) mass is 366 g/mol. The van der Waals surface area contributed by atoms with Gasteiger partial charge in [0.1, 0.15) is 11.8 Å². The Bertz CT molecular complexity index is 839. The van der Waals surface area contributed by atoms with E-state index in [1.807, 2.05) is 12.1 Å². The fourth-order valence-corrected chi connectivity index (χ4v) is 2.25. The van der Waals surface area contributed by atoms with Gasteiger partial charge in [0.15, 0.2) is 5.78 Å². The van der Waals surface area contributed by atoms with Crippen molar-refractivity contribution in [3.05, 3.63) is 65.7 Å². The number of benzene rings is 2.